The van der Waals surface area contributed by atoms with Crippen LogP contribution in [0.5, 0.6) is 11.5 Å². The smallest absolute Gasteiger partial charge is 0.129 e. The molecule has 2 aliphatic rings. The van der Waals surface area contributed by atoms with Gasteiger partial charge in [-0.3, -0.25) is 4.68 Å². The molecule has 37 heavy (non-hydrogen) atoms. The molecule has 0 bridgehead atoms. The number of benzene rings is 3. The Morgan fingerprint density at radius 1 is 0.811 bits per heavy atom. The maximum Gasteiger partial charge on any atom is 0.129 e. The molecule has 0 saturated carbocycles. The van der Waals surface area contributed by atoms with Gasteiger partial charge in [-0.1, -0.05) is 60.7 Å². The number of aryl methyl sites for hydroxylation is 1. The van der Waals surface area contributed by atoms with E-state index in [0.29, 0.717) is 6.67 Å². The van der Waals surface area contributed by atoms with Gasteiger partial charge in [0.15, 0.2) is 0 Å². The Hall–Kier alpha value is -4.58. The second kappa shape index (κ2) is 9.82. The van der Waals surface area contributed by atoms with Gasteiger partial charge in [-0.25, -0.2) is 5.01 Å². The number of amidine groups is 1. The molecule has 1 aromatic heterocycles. The third-order valence-corrected chi connectivity index (χ3v) is 6.68. The van der Waals surface area contributed by atoms with Crippen molar-refractivity contribution >= 4 is 17.2 Å². The van der Waals surface area contributed by atoms with Crippen LogP contribution < -0.4 is 14.6 Å². The van der Waals surface area contributed by atoms with Gasteiger partial charge in [-0.05, 0) is 62.7 Å². The third kappa shape index (κ3) is 4.78. The van der Waals surface area contributed by atoms with Crippen molar-refractivity contribution in [3.63, 3.8) is 0 Å². The summed E-state index contributed by atoms with van der Waals surface area (Å²) in [5.74, 6) is 2.50. The van der Waals surface area contributed by atoms with Crippen LogP contribution in [0.15, 0.2) is 114 Å². The second-order valence-electron chi connectivity index (χ2n) is 9.31. The number of hydrogen-bond donors (Lipinski definition) is 0. The summed E-state index contributed by atoms with van der Waals surface area (Å²) in [5.41, 5.74) is 5.23. The van der Waals surface area contributed by atoms with Crippen LogP contribution in [0.3, 0.4) is 0 Å². The van der Waals surface area contributed by atoms with Crippen LogP contribution in [0.1, 0.15) is 25.1 Å². The first-order valence-electron chi connectivity index (χ1n) is 12.6. The van der Waals surface area contributed by atoms with E-state index in [9.17, 15) is 0 Å². The average molecular weight is 488 g/mol. The number of hydrazone groups is 1. The molecule has 4 aromatic rings. The molecule has 0 saturated heterocycles. The van der Waals surface area contributed by atoms with E-state index in [1.54, 1.807) is 0 Å². The van der Waals surface area contributed by atoms with Gasteiger partial charge in [0.05, 0.1) is 17.4 Å². The molecular weight excluding hydrogens is 458 g/mol. The van der Waals surface area contributed by atoms with Crippen molar-refractivity contribution in [1.29, 1.82) is 0 Å². The lowest BCUT2D eigenvalue weighted by atomic mass is 10.1. The average Bonchev–Trinajstić information content (AvgIpc) is 3.53. The summed E-state index contributed by atoms with van der Waals surface area (Å²) < 4.78 is 8.39. The highest BCUT2D eigenvalue weighted by Gasteiger charge is 2.22. The molecule has 2 heterocycles. The summed E-state index contributed by atoms with van der Waals surface area (Å²) in [6.45, 7) is 4.79. The van der Waals surface area contributed by atoms with Crippen molar-refractivity contribution < 1.29 is 4.74 Å². The zero-order valence-corrected chi connectivity index (χ0v) is 21.0. The molecular formula is C31H29N5O. The van der Waals surface area contributed by atoms with Gasteiger partial charge >= 0.3 is 0 Å². The predicted molar refractivity (Wildman–Crippen MR) is 150 cm³/mol. The van der Waals surface area contributed by atoms with Crippen LogP contribution in [0.2, 0.25) is 0 Å². The number of aromatic nitrogens is 2. The molecule has 0 spiro atoms. The number of anilines is 2. The minimum Gasteiger partial charge on any atom is -0.457 e. The third-order valence-electron chi connectivity index (χ3n) is 6.68. The first kappa shape index (κ1) is 22.9. The number of ether oxygens (including phenoxy) is 1. The first-order valence-corrected chi connectivity index (χ1v) is 12.6. The summed E-state index contributed by atoms with van der Waals surface area (Å²) in [5, 5.41) is 11.7. The van der Waals surface area contributed by atoms with Crippen molar-refractivity contribution in [2.45, 2.75) is 26.3 Å². The number of nitrogens with zero attached hydrogens (tertiary/aromatic N) is 5. The summed E-state index contributed by atoms with van der Waals surface area (Å²) in [6, 6.07) is 28.9. The number of rotatable bonds is 6. The predicted octanol–water partition coefficient (Wildman–Crippen LogP) is 7.33. The molecule has 6 nitrogen and oxygen atoms in total. The molecule has 1 aliphatic carbocycles. The van der Waals surface area contributed by atoms with Crippen molar-refractivity contribution in [1.82, 2.24) is 9.78 Å². The Labute approximate surface area is 217 Å². The van der Waals surface area contributed by atoms with Crippen LogP contribution >= 0.6 is 0 Å². The van der Waals surface area contributed by atoms with Crippen LogP contribution in [0, 0.1) is 6.92 Å². The van der Waals surface area contributed by atoms with Crippen molar-refractivity contribution in [3.05, 3.63) is 115 Å². The van der Waals surface area contributed by atoms with Gasteiger partial charge in [0.25, 0.3) is 0 Å². The first-order chi connectivity index (χ1) is 18.1. The topological polar surface area (TPSA) is 45.9 Å². The molecule has 1 atom stereocenters. The summed E-state index contributed by atoms with van der Waals surface area (Å²) >= 11 is 0. The van der Waals surface area contributed by atoms with Gasteiger partial charge < -0.3 is 9.64 Å². The largest absolute Gasteiger partial charge is 0.457 e. The quantitative estimate of drug-likeness (QED) is 0.286. The van der Waals surface area contributed by atoms with E-state index in [4.69, 9.17) is 14.9 Å². The van der Waals surface area contributed by atoms with Crippen molar-refractivity contribution in [2.24, 2.45) is 5.10 Å². The highest BCUT2D eigenvalue weighted by atomic mass is 16.5. The van der Waals surface area contributed by atoms with Crippen molar-refractivity contribution in [2.75, 3.05) is 16.6 Å². The number of hydrogen-bond acceptors (Lipinski definition) is 5. The van der Waals surface area contributed by atoms with E-state index in [1.807, 2.05) is 66.5 Å². The zero-order chi connectivity index (χ0) is 25.2. The van der Waals surface area contributed by atoms with Gasteiger partial charge in [-0.2, -0.15) is 10.2 Å². The van der Waals surface area contributed by atoms with Gasteiger partial charge in [0.1, 0.15) is 24.0 Å². The van der Waals surface area contributed by atoms with Crippen LogP contribution in [-0.2, 0) is 0 Å². The van der Waals surface area contributed by atoms with E-state index in [1.165, 1.54) is 0 Å². The van der Waals surface area contributed by atoms with E-state index in [-0.39, 0.29) is 6.04 Å². The Morgan fingerprint density at radius 2 is 1.59 bits per heavy atom. The minimum absolute atomic E-state index is 0.260. The van der Waals surface area contributed by atoms with Gasteiger partial charge in [0.2, 0.25) is 0 Å². The molecule has 0 radical (unpaired) electrons. The van der Waals surface area contributed by atoms with E-state index >= 15 is 0 Å². The minimum atomic E-state index is 0.260. The Morgan fingerprint density at radius 3 is 2.41 bits per heavy atom. The highest BCUT2D eigenvalue weighted by molar-refractivity contribution is 5.98. The molecule has 0 amide bonds. The normalized spacial score (nSPS) is 16.8. The molecule has 0 unspecified atom stereocenters. The number of allylic oxidation sites excluding steroid dienone is 4. The zero-order valence-electron chi connectivity index (χ0n) is 21.0. The summed E-state index contributed by atoms with van der Waals surface area (Å²) in [4.78, 5) is 2.19. The lowest BCUT2D eigenvalue weighted by Gasteiger charge is -2.20. The SMILES string of the molecule is CC1=NN(c2cccc(Oc3cccc(-c4cc(C)n([C@@H]5C=CC=CC5)n4)c3)c2)CN1c1ccccc1. The fraction of sp³-hybridized carbons (Fsp3) is 0.161. The van der Waals surface area contributed by atoms with E-state index < -0.39 is 0 Å². The monoisotopic (exact) mass is 487 g/mol. The van der Waals surface area contributed by atoms with Gasteiger partial charge in [-0.15, -0.1) is 0 Å². The lowest BCUT2D eigenvalue weighted by Crippen LogP contribution is -2.29. The molecule has 0 N–H and O–H groups in total. The van der Waals surface area contributed by atoms with Gasteiger partial charge in [0, 0.05) is 23.0 Å². The van der Waals surface area contributed by atoms with Crippen LogP contribution in [-0.4, -0.2) is 22.3 Å². The second-order valence-corrected chi connectivity index (χ2v) is 9.31. The fourth-order valence-corrected chi connectivity index (χ4v) is 4.79. The summed E-state index contributed by atoms with van der Waals surface area (Å²) in [7, 11) is 0. The van der Waals surface area contributed by atoms with E-state index in [2.05, 4.69) is 71.1 Å². The number of para-hydroxylation sites is 1. The van der Waals surface area contributed by atoms with Crippen LogP contribution in [0.4, 0.5) is 11.4 Å². The summed E-state index contributed by atoms with van der Waals surface area (Å²) in [6.07, 6.45) is 9.51. The molecule has 6 rings (SSSR count). The molecule has 0 fully saturated rings. The van der Waals surface area contributed by atoms with E-state index in [0.717, 1.165) is 52.1 Å². The Kier molecular flexibility index (Phi) is 6.06. The van der Waals surface area contributed by atoms with Crippen LogP contribution in [0.25, 0.3) is 11.3 Å². The lowest BCUT2D eigenvalue weighted by molar-refractivity contribution is 0.483. The highest BCUT2D eigenvalue weighted by Crippen LogP contribution is 2.32. The maximum absolute atomic E-state index is 6.29. The maximum atomic E-state index is 6.29. The molecule has 1 aliphatic heterocycles. The van der Waals surface area contributed by atoms with Crippen molar-refractivity contribution in [3.8, 4) is 22.8 Å². The molecule has 6 heteroatoms. The molecule has 3 aromatic carbocycles. The molecule has 184 valence electrons. The Balaban J connectivity index is 1.19. The Bertz CT molecular complexity index is 1500. The fourth-order valence-electron chi connectivity index (χ4n) is 4.79. The standard InChI is InChI=1S/C31H29N5O/c1-23-19-31(33-36(23)27-14-7-4-8-15-27)25-11-9-17-29(20-25)37-30-18-10-16-28(21-30)35-22-34(24(2)32-35)26-12-5-3-6-13-26/h3-14,16-21,27H,15,22H2,1-2H3/t27-/m1/s1.